The highest BCUT2D eigenvalue weighted by Gasteiger charge is 2.39. The molecule has 8 nitrogen and oxygen atoms in total. The molecule has 1 aromatic rings. The van der Waals surface area contributed by atoms with Gasteiger partial charge in [-0.1, -0.05) is 6.07 Å². The minimum Gasteiger partial charge on any atom is -0.480 e. The summed E-state index contributed by atoms with van der Waals surface area (Å²) in [6, 6.07) is 5.76. The third-order valence-electron chi connectivity index (χ3n) is 5.25. The Bertz CT molecular complexity index is 868. The molecule has 3 rings (SSSR count). The molecule has 0 bridgehead atoms. The predicted octanol–water partition coefficient (Wildman–Crippen LogP) is 3.06. The first kappa shape index (κ1) is 20.5. The van der Waals surface area contributed by atoms with Crippen molar-refractivity contribution in [3.63, 3.8) is 0 Å². The van der Waals surface area contributed by atoms with Gasteiger partial charge in [0, 0.05) is 43.5 Å². The summed E-state index contributed by atoms with van der Waals surface area (Å²) < 4.78 is 0. The zero-order valence-corrected chi connectivity index (χ0v) is 16.1. The quantitative estimate of drug-likeness (QED) is 0.658. The molecule has 8 heteroatoms. The highest BCUT2D eigenvalue weighted by atomic mass is 16.4. The van der Waals surface area contributed by atoms with Gasteiger partial charge in [0.05, 0.1) is 0 Å². The maximum Gasteiger partial charge on any atom is 0.326 e. The number of anilines is 1. The molecular formula is C21H24N4O4. The smallest absolute Gasteiger partial charge is 0.326 e. The minimum absolute atomic E-state index is 0.201. The SMILES string of the molecule is C#CCCC1(CCC(=O)Nc2cccc(C(=O)N3CCCCC3C(=O)O)c2)N=N1. The molecule has 0 spiro atoms. The van der Waals surface area contributed by atoms with E-state index < -0.39 is 17.7 Å². The standard InChI is InChI=1S/C21H24N4O4/c1-2-3-11-21(23-24-21)12-10-18(26)22-16-8-6-7-15(14-16)19(27)25-13-5-4-9-17(25)20(28)29/h1,6-8,14,17H,3-5,9-13H2,(H,22,26)(H,28,29). The second-order valence-corrected chi connectivity index (χ2v) is 7.36. The molecule has 2 aliphatic rings. The van der Waals surface area contributed by atoms with Crippen LogP contribution in [0.2, 0.25) is 0 Å². The first-order valence-electron chi connectivity index (χ1n) is 9.75. The number of carbonyl (C=O) groups excluding carboxylic acids is 2. The maximum absolute atomic E-state index is 12.8. The lowest BCUT2D eigenvalue weighted by Crippen LogP contribution is -2.48. The summed E-state index contributed by atoms with van der Waals surface area (Å²) in [6.45, 7) is 0.416. The molecule has 0 saturated carbocycles. The van der Waals surface area contributed by atoms with Crippen LogP contribution in [0.1, 0.15) is 55.3 Å². The highest BCUT2D eigenvalue weighted by Crippen LogP contribution is 2.37. The first-order valence-corrected chi connectivity index (χ1v) is 9.75. The van der Waals surface area contributed by atoms with E-state index in [9.17, 15) is 19.5 Å². The number of benzene rings is 1. The van der Waals surface area contributed by atoms with Crippen molar-refractivity contribution in [3.8, 4) is 12.3 Å². The zero-order valence-electron chi connectivity index (χ0n) is 16.1. The molecule has 0 radical (unpaired) electrons. The Labute approximate surface area is 169 Å². The molecule has 2 heterocycles. The predicted molar refractivity (Wildman–Crippen MR) is 106 cm³/mol. The van der Waals surface area contributed by atoms with E-state index in [0.29, 0.717) is 43.5 Å². The lowest BCUT2D eigenvalue weighted by molar-refractivity contribution is -0.143. The van der Waals surface area contributed by atoms with Crippen molar-refractivity contribution in [3.05, 3.63) is 29.8 Å². The highest BCUT2D eigenvalue weighted by molar-refractivity contribution is 5.99. The van der Waals surface area contributed by atoms with E-state index in [2.05, 4.69) is 21.5 Å². The summed E-state index contributed by atoms with van der Waals surface area (Å²) in [5.74, 6) is 1.03. The summed E-state index contributed by atoms with van der Waals surface area (Å²) in [4.78, 5) is 38.0. The number of terminal acetylenes is 1. The van der Waals surface area contributed by atoms with Gasteiger partial charge in [0.15, 0.2) is 5.66 Å². The Kier molecular flexibility index (Phi) is 6.27. The summed E-state index contributed by atoms with van der Waals surface area (Å²) >= 11 is 0. The van der Waals surface area contributed by atoms with Crippen LogP contribution in [-0.4, -0.2) is 46.0 Å². The molecule has 1 saturated heterocycles. The zero-order chi connectivity index (χ0) is 20.9. The summed E-state index contributed by atoms with van der Waals surface area (Å²) in [7, 11) is 0. The van der Waals surface area contributed by atoms with E-state index in [1.807, 2.05) is 0 Å². The van der Waals surface area contributed by atoms with Crippen LogP contribution >= 0.6 is 0 Å². The van der Waals surface area contributed by atoms with Gasteiger partial charge in [0.1, 0.15) is 6.04 Å². The normalized spacial score (nSPS) is 19.3. The van der Waals surface area contributed by atoms with Crippen LogP contribution < -0.4 is 5.32 Å². The number of hydrogen-bond acceptors (Lipinski definition) is 5. The van der Waals surface area contributed by atoms with Crippen molar-refractivity contribution >= 4 is 23.5 Å². The van der Waals surface area contributed by atoms with E-state index >= 15 is 0 Å². The van der Waals surface area contributed by atoms with Crippen LogP contribution in [0, 0.1) is 12.3 Å². The number of aliphatic carboxylic acids is 1. The van der Waals surface area contributed by atoms with E-state index in [1.165, 1.54) is 4.90 Å². The Balaban J connectivity index is 1.59. The fourth-order valence-electron chi connectivity index (χ4n) is 3.53. The van der Waals surface area contributed by atoms with Gasteiger partial charge in [0.2, 0.25) is 5.91 Å². The number of rotatable bonds is 8. The van der Waals surface area contributed by atoms with Gasteiger partial charge in [-0.15, -0.1) is 12.3 Å². The van der Waals surface area contributed by atoms with E-state index in [1.54, 1.807) is 24.3 Å². The molecule has 1 atom stereocenters. The van der Waals surface area contributed by atoms with Crippen molar-refractivity contribution in [2.24, 2.45) is 10.2 Å². The molecule has 0 aromatic heterocycles. The van der Waals surface area contributed by atoms with Crippen molar-refractivity contribution in [2.45, 2.75) is 56.7 Å². The number of hydrogen-bond donors (Lipinski definition) is 2. The van der Waals surface area contributed by atoms with Crippen LogP contribution in [0.15, 0.2) is 34.5 Å². The Morgan fingerprint density at radius 1 is 1.28 bits per heavy atom. The molecule has 0 aliphatic carbocycles. The van der Waals surface area contributed by atoms with E-state index in [-0.39, 0.29) is 18.2 Å². The second-order valence-electron chi connectivity index (χ2n) is 7.36. The van der Waals surface area contributed by atoms with Crippen LogP contribution in [0.25, 0.3) is 0 Å². The van der Waals surface area contributed by atoms with Gasteiger partial charge < -0.3 is 15.3 Å². The van der Waals surface area contributed by atoms with Gasteiger partial charge in [-0.05, 0) is 37.5 Å². The average Bonchev–Trinajstić information content (AvgIpc) is 3.50. The van der Waals surface area contributed by atoms with Crippen molar-refractivity contribution in [1.29, 1.82) is 0 Å². The number of nitrogens with zero attached hydrogens (tertiary/aromatic N) is 3. The monoisotopic (exact) mass is 396 g/mol. The van der Waals surface area contributed by atoms with Gasteiger partial charge in [0.25, 0.3) is 5.91 Å². The topological polar surface area (TPSA) is 111 Å². The number of nitrogens with one attached hydrogen (secondary N) is 1. The number of carboxylic acid groups (broad SMARTS) is 1. The number of amides is 2. The van der Waals surface area contributed by atoms with Crippen LogP contribution in [0.5, 0.6) is 0 Å². The third-order valence-corrected chi connectivity index (χ3v) is 5.25. The molecule has 1 fully saturated rings. The van der Waals surface area contributed by atoms with Crippen LogP contribution in [0.4, 0.5) is 5.69 Å². The fraction of sp³-hybridized carbons (Fsp3) is 0.476. The summed E-state index contributed by atoms with van der Waals surface area (Å²) in [5, 5.41) is 20.2. The molecule has 2 aliphatic heterocycles. The lowest BCUT2D eigenvalue weighted by Gasteiger charge is -2.33. The van der Waals surface area contributed by atoms with E-state index in [4.69, 9.17) is 6.42 Å². The second kappa shape index (κ2) is 8.86. The summed E-state index contributed by atoms with van der Waals surface area (Å²) in [6.07, 6.45) is 9.22. The molecule has 1 aromatic carbocycles. The van der Waals surface area contributed by atoms with E-state index in [0.717, 1.165) is 12.8 Å². The Hall–Kier alpha value is -3.21. The van der Waals surface area contributed by atoms with Gasteiger partial charge in [-0.3, -0.25) is 9.59 Å². The number of carboxylic acids is 1. The van der Waals surface area contributed by atoms with Crippen molar-refractivity contribution < 1.29 is 19.5 Å². The largest absolute Gasteiger partial charge is 0.480 e. The molecule has 152 valence electrons. The molecule has 29 heavy (non-hydrogen) atoms. The van der Waals surface area contributed by atoms with Crippen LogP contribution in [0.3, 0.4) is 0 Å². The number of likely N-dealkylation sites (tertiary alicyclic amines) is 1. The third kappa shape index (κ3) is 5.19. The van der Waals surface area contributed by atoms with Crippen molar-refractivity contribution in [1.82, 2.24) is 4.90 Å². The number of piperidine rings is 1. The number of carbonyl (C=O) groups is 3. The maximum atomic E-state index is 12.8. The Morgan fingerprint density at radius 3 is 2.76 bits per heavy atom. The molecular weight excluding hydrogens is 372 g/mol. The Morgan fingerprint density at radius 2 is 2.07 bits per heavy atom. The molecule has 2 amide bonds. The minimum atomic E-state index is -0.989. The van der Waals surface area contributed by atoms with Gasteiger partial charge in [-0.25, -0.2) is 4.79 Å². The first-order chi connectivity index (χ1) is 13.9. The molecule has 2 N–H and O–H groups in total. The van der Waals surface area contributed by atoms with Crippen molar-refractivity contribution in [2.75, 3.05) is 11.9 Å². The van der Waals surface area contributed by atoms with Gasteiger partial charge in [-0.2, -0.15) is 10.2 Å². The fourth-order valence-corrected chi connectivity index (χ4v) is 3.53. The summed E-state index contributed by atoms with van der Waals surface area (Å²) in [5.41, 5.74) is 0.336. The lowest BCUT2D eigenvalue weighted by atomic mass is 10.0. The van der Waals surface area contributed by atoms with Gasteiger partial charge >= 0.3 is 5.97 Å². The average molecular weight is 396 g/mol. The molecule has 1 unspecified atom stereocenters. The van der Waals surface area contributed by atoms with Crippen LogP contribution in [-0.2, 0) is 9.59 Å².